The summed E-state index contributed by atoms with van der Waals surface area (Å²) < 4.78 is 0. The maximum absolute atomic E-state index is 4.47. The van der Waals surface area contributed by atoms with Gasteiger partial charge in [-0.05, 0) is 30.2 Å². The second kappa shape index (κ2) is 7.19. The summed E-state index contributed by atoms with van der Waals surface area (Å²) in [5.74, 6) is 1.46. The molecule has 0 aliphatic carbocycles. The van der Waals surface area contributed by atoms with E-state index in [0.29, 0.717) is 0 Å². The van der Waals surface area contributed by atoms with Crippen molar-refractivity contribution in [2.24, 2.45) is 0 Å². The fourth-order valence-electron chi connectivity index (χ4n) is 2.93. The van der Waals surface area contributed by atoms with E-state index >= 15 is 0 Å². The Labute approximate surface area is 152 Å². The van der Waals surface area contributed by atoms with Gasteiger partial charge in [-0.25, -0.2) is 9.97 Å². The Morgan fingerprint density at radius 1 is 0.769 bits per heavy atom. The van der Waals surface area contributed by atoms with E-state index in [1.54, 1.807) is 12.5 Å². The Hall–Kier alpha value is -3.47. The smallest absolute Gasteiger partial charge is 0.135 e. The van der Waals surface area contributed by atoms with Gasteiger partial charge < -0.3 is 10.6 Å². The van der Waals surface area contributed by atoms with Crippen molar-refractivity contribution < 1.29 is 0 Å². The molecular weight excluding hydrogens is 322 g/mol. The van der Waals surface area contributed by atoms with Crippen molar-refractivity contribution >= 4 is 33.9 Å². The molecule has 2 heterocycles. The van der Waals surface area contributed by atoms with Crippen LogP contribution in [-0.4, -0.2) is 15.0 Å². The van der Waals surface area contributed by atoms with Crippen LogP contribution in [0.3, 0.4) is 0 Å². The molecule has 5 nitrogen and oxygen atoms in total. The third kappa shape index (κ3) is 3.32. The number of rotatable bonds is 5. The highest BCUT2D eigenvalue weighted by molar-refractivity contribution is 5.91. The summed E-state index contributed by atoms with van der Waals surface area (Å²) in [6.07, 6.45) is 4.31. The van der Waals surface area contributed by atoms with Gasteiger partial charge in [-0.3, -0.25) is 4.98 Å². The number of nitrogens with one attached hydrogen (secondary N) is 2. The number of aryl methyl sites for hydroxylation is 1. The van der Waals surface area contributed by atoms with E-state index in [1.807, 2.05) is 48.5 Å². The molecule has 0 saturated heterocycles. The van der Waals surface area contributed by atoms with E-state index in [-0.39, 0.29) is 0 Å². The van der Waals surface area contributed by atoms with E-state index in [1.165, 1.54) is 5.56 Å². The molecule has 5 heteroatoms. The summed E-state index contributed by atoms with van der Waals surface area (Å²) in [7, 11) is 0. The van der Waals surface area contributed by atoms with Crippen molar-refractivity contribution in [2.45, 2.75) is 13.3 Å². The zero-order valence-corrected chi connectivity index (χ0v) is 14.5. The molecule has 128 valence electrons. The fourth-order valence-corrected chi connectivity index (χ4v) is 2.93. The molecule has 0 saturated carbocycles. The number of pyridine rings is 1. The molecule has 0 spiro atoms. The fraction of sp³-hybridized carbons (Fsp3) is 0.0952. The van der Waals surface area contributed by atoms with Crippen molar-refractivity contribution in [2.75, 3.05) is 10.6 Å². The highest BCUT2D eigenvalue weighted by atomic mass is 15.1. The second-order valence-electron chi connectivity index (χ2n) is 5.93. The highest BCUT2D eigenvalue weighted by Crippen LogP contribution is 2.25. The van der Waals surface area contributed by atoms with E-state index in [2.05, 4.69) is 44.6 Å². The molecule has 0 radical (unpaired) electrons. The molecule has 0 aliphatic heterocycles. The lowest BCUT2D eigenvalue weighted by Gasteiger charge is -2.12. The largest absolute Gasteiger partial charge is 0.340 e. The van der Waals surface area contributed by atoms with E-state index < -0.39 is 0 Å². The second-order valence-corrected chi connectivity index (χ2v) is 5.93. The minimum Gasteiger partial charge on any atom is -0.340 e. The van der Waals surface area contributed by atoms with Gasteiger partial charge in [0.25, 0.3) is 0 Å². The van der Waals surface area contributed by atoms with Crippen molar-refractivity contribution in [3.8, 4) is 0 Å². The molecule has 0 unspecified atom stereocenters. The standard InChI is InChI=1S/C21H19N5/c1-2-15-7-3-4-10-17(15)25-19-13-20(24-14-23-19)26-18-11-5-8-16-9-6-12-22-21(16)18/h3-14H,2H2,1H3,(H2,23,24,25,26). The van der Waals surface area contributed by atoms with Crippen molar-refractivity contribution in [1.82, 2.24) is 15.0 Å². The van der Waals surface area contributed by atoms with Crippen LogP contribution < -0.4 is 10.6 Å². The SMILES string of the molecule is CCc1ccccc1Nc1cc(Nc2cccc3cccnc23)ncn1. The van der Waals surface area contributed by atoms with Crippen LogP contribution in [-0.2, 0) is 6.42 Å². The topological polar surface area (TPSA) is 62.7 Å². The molecular formula is C21H19N5. The first-order chi connectivity index (χ1) is 12.8. The number of fused-ring (bicyclic) bond motifs is 1. The Balaban J connectivity index is 1.62. The van der Waals surface area contributed by atoms with Crippen LogP contribution in [0.5, 0.6) is 0 Å². The number of para-hydroxylation sites is 2. The molecule has 2 aromatic carbocycles. The number of anilines is 4. The van der Waals surface area contributed by atoms with Crippen LogP contribution in [0, 0.1) is 0 Å². The average molecular weight is 341 g/mol. The van der Waals surface area contributed by atoms with Crippen molar-refractivity contribution in [3.63, 3.8) is 0 Å². The lowest BCUT2D eigenvalue weighted by atomic mass is 10.1. The predicted molar refractivity (Wildman–Crippen MR) is 106 cm³/mol. The normalized spacial score (nSPS) is 10.7. The quantitative estimate of drug-likeness (QED) is 0.530. The van der Waals surface area contributed by atoms with E-state index in [0.717, 1.165) is 40.3 Å². The minimum absolute atomic E-state index is 0.717. The number of nitrogens with zero attached hydrogens (tertiary/aromatic N) is 3. The molecule has 4 rings (SSSR count). The summed E-state index contributed by atoms with van der Waals surface area (Å²) in [4.78, 5) is 13.1. The van der Waals surface area contributed by atoms with Gasteiger partial charge in [-0.1, -0.05) is 43.3 Å². The first-order valence-corrected chi connectivity index (χ1v) is 8.61. The van der Waals surface area contributed by atoms with Gasteiger partial charge in [0.1, 0.15) is 18.0 Å². The van der Waals surface area contributed by atoms with Crippen LogP contribution in [0.1, 0.15) is 12.5 Å². The molecule has 0 aliphatic rings. The predicted octanol–water partition coefficient (Wildman–Crippen LogP) is 5.07. The molecule has 0 atom stereocenters. The van der Waals surface area contributed by atoms with Gasteiger partial charge >= 0.3 is 0 Å². The van der Waals surface area contributed by atoms with Crippen LogP contribution in [0.2, 0.25) is 0 Å². The zero-order chi connectivity index (χ0) is 17.8. The summed E-state index contributed by atoms with van der Waals surface area (Å²) in [5.41, 5.74) is 4.14. The average Bonchev–Trinajstić information content (AvgIpc) is 2.69. The summed E-state index contributed by atoms with van der Waals surface area (Å²) in [6, 6.07) is 20.2. The lowest BCUT2D eigenvalue weighted by molar-refractivity contribution is 1.13. The molecule has 0 bridgehead atoms. The molecule has 2 aromatic heterocycles. The molecule has 0 fully saturated rings. The number of hydrogen-bond donors (Lipinski definition) is 2. The van der Waals surface area contributed by atoms with Gasteiger partial charge in [0, 0.05) is 23.3 Å². The van der Waals surface area contributed by atoms with Gasteiger partial charge in [-0.15, -0.1) is 0 Å². The van der Waals surface area contributed by atoms with Gasteiger partial charge in [0.2, 0.25) is 0 Å². The summed E-state index contributed by atoms with van der Waals surface area (Å²) in [5, 5.41) is 7.81. The van der Waals surface area contributed by atoms with Gasteiger partial charge in [-0.2, -0.15) is 0 Å². The lowest BCUT2D eigenvalue weighted by Crippen LogP contribution is -2.00. The summed E-state index contributed by atoms with van der Waals surface area (Å²) >= 11 is 0. The molecule has 0 amide bonds. The third-order valence-corrected chi connectivity index (χ3v) is 4.22. The maximum atomic E-state index is 4.47. The number of benzene rings is 2. The van der Waals surface area contributed by atoms with E-state index in [4.69, 9.17) is 0 Å². The van der Waals surface area contributed by atoms with Gasteiger partial charge in [0.05, 0.1) is 11.2 Å². The zero-order valence-electron chi connectivity index (χ0n) is 14.5. The Kier molecular flexibility index (Phi) is 4.43. The van der Waals surface area contributed by atoms with Crippen molar-refractivity contribution in [3.05, 3.63) is 78.8 Å². The van der Waals surface area contributed by atoms with Crippen molar-refractivity contribution in [1.29, 1.82) is 0 Å². The monoisotopic (exact) mass is 341 g/mol. The molecule has 26 heavy (non-hydrogen) atoms. The van der Waals surface area contributed by atoms with Crippen LogP contribution >= 0.6 is 0 Å². The van der Waals surface area contributed by atoms with Crippen LogP contribution in [0.25, 0.3) is 10.9 Å². The third-order valence-electron chi connectivity index (χ3n) is 4.22. The maximum Gasteiger partial charge on any atom is 0.135 e. The Morgan fingerprint density at radius 2 is 1.50 bits per heavy atom. The first kappa shape index (κ1) is 16.0. The highest BCUT2D eigenvalue weighted by Gasteiger charge is 2.06. The van der Waals surface area contributed by atoms with Crippen LogP contribution in [0.4, 0.5) is 23.0 Å². The van der Waals surface area contributed by atoms with E-state index in [9.17, 15) is 0 Å². The number of aromatic nitrogens is 3. The molecule has 2 N–H and O–H groups in total. The van der Waals surface area contributed by atoms with Gasteiger partial charge in [0.15, 0.2) is 0 Å². The Bertz CT molecular complexity index is 1040. The number of hydrogen-bond acceptors (Lipinski definition) is 5. The first-order valence-electron chi connectivity index (χ1n) is 8.61. The Morgan fingerprint density at radius 3 is 2.35 bits per heavy atom. The molecule has 4 aromatic rings. The van der Waals surface area contributed by atoms with Crippen LogP contribution in [0.15, 0.2) is 73.2 Å². The summed E-state index contributed by atoms with van der Waals surface area (Å²) in [6.45, 7) is 2.14. The minimum atomic E-state index is 0.717.